The lowest BCUT2D eigenvalue weighted by Gasteiger charge is -2.10. The van der Waals surface area contributed by atoms with Gasteiger partial charge in [0, 0.05) is 5.25 Å². The lowest BCUT2D eigenvalue weighted by atomic mass is 10.2. The van der Waals surface area contributed by atoms with Gasteiger partial charge in [0.25, 0.3) is 0 Å². The number of aromatic nitrogens is 3. The number of thioether (sulfide) groups is 1. The van der Waals surface area contributed by atoms with Gasteiger partial charge in [-0.05, 0) is 24.6 Å². The third kappa shape index (κ3) is 2.42. The number of hydrogen-bond donors (Lipinski definition) is 1. The molecule has 1 unspecified atom stereocenters. The summed E-state index contributed by atoms with van der Waals surface area (Å²) in [6.07, 6.45) is 1.59. The lowest BCUT2D eigenvalue weighted by molar-refractivity contribution is 0.574. The van der Waals surface area contributed by atoms with Crippen LogP contribution in [0.25, 0.3) is 11.6 Å². The summed E-state index contributed by atoms with van der Waals surface area (Å²) < 4.78 is 6.75. The van der Waals surface area contributed by atoms with E-state index in [4.69, 9.17) is 10.3 Å². The molecular weight excluding hydrogens is 272 g/mol. The van der Waals surface area contributed by atoms with E-state index >= 15 is 0 Å². The van der Waals surface area contributed by atoms with Gasteiger partial charge in [0.05, 0.1) is 6.26 Å². The minimum absolute atomic E-state index is 0.243. The van der Waals surface area contributed by atoms with E-state index in [2.05, 4.69) is 29.3 Å². The second kappa shape index (κ2) is 5.42. The van der Waals surface area contributed by atoms with E-state index in [0.29, 0.717) is 16.7 Å². The Labute approximate surface area is 120 Å². The van der Waals surface area contributed by atoms with E-state index in [0.717, 1.165) is 0 Å². The normalized spacial score (nSPS) is 12.4. The van der Waals surface area contributed by atoms with Gasteiger partial charge < -0.3 is 10.3 Å². The first-order valence-electron chi connectivity index (χ1n) is 6.21. The van der Waals surface area contributed by atoms with Crippen molar-refractivity contribution in [2.75, 3.05) is 5.84 Å². The molecule has 0 aliphatic heterocycles. The predicted octanol–water partition coefficient (Wildman–Crippen LogP) is 3.11. The molecule has 1 aromatic carbocycles. The first-order chi connectivity index (χ1) is 9.75. The number of benzene rings is 1. The van der Waals surface area contributed by atoms with Gasteiger partial charge in [0.1, 0.15) is 0 Å². The fraction of sp³-hybridized carbons (Fsp3) is 0.143. The van der Waals surface area contributed by atoms with Gasteiger partial charge in [-0.1, -0.05) is 42.1 Å². The zero-order valence-electron chi connectivity index (χ0n) is 10.9. The van der Waals surface area contributed by atoms with Crippen LogP contribution < -0.4 is 5.84 Å². The van der Waals surface area contributed by atoms with E-state index in [1.54, 1.807) is 24.1 Å². The molecule has 2 heterocycles. The van der Waals surface area contributed by atoms with Crippen molar-refractivity contribution in [1.82, 2.24) is 14.9 Å². The van der Waals surface area contributed by atoms with Crippen LogP contribution >= 0.6 is 11.8 Å². The first-order valence-corrected chi connectivity index (χ1v) is 7.09. The zero-order chi connectivity index (χ0) is 13.9. The average molecular weight is 286 g/mol. The number of nitrogen functional groups attached to an aromatic ring is 1. The summed E-state index contributed by atoms with van der Waals surface area (Å²) >= 11 is 1.56. The SMILES string of the molecule is CC(Sc1nnc(-c2ccco2)n1N)c1ccccc1. The van der Waals surface area contributed by atoms with Crippen molar-refractivity contribution in [2.45, 2.75) is 17.3 Å². The molecule has 1 atom stereocenters. The van der Waals surface area contributed by atoms with Gasteiger partial charge in [-0.25, -0.2) is 4.68 Å². The molecule has 0 fully saturated rings. The molecule has 0 aliphatic rings. The smallest absolute Gasteiger partial charge is 0.218 e. The summed E-state index contributed by atoms with van der Waals surface area (Å²) in [6, 6.07) is 13.8. The molecule has 20 heavy (non-hydrogen) atoms. The van der Waals surface area contributed by atoms with Crippen molar-refractivity contribution in [3.63, 3.8) is 0 Å². The molecule has 5 nitrogen and oxygen atoms in total. The van der Waals surface area contributed by atoms with Crippen LogP contribution in [0.15, 0.2) is 58.3 Å². The highest BCUT2D eigenvalue weighted by atomic mass is 32.2. The summed E-state index contributed by atoms with van der Waals surface area (Å²) in [5.41, 5.74) is 1.22. The highest BCUT2D eigenvalue weighted by molar-refractivity contribution is 7.99. The summed E-state index contributed by atoms with van der Waals surface area (Å²) in [7, 11) is 0. The van der Waals surface area contributed by atoms with Crippen molar-refractivity contribution in [3.8, 4) is 11.6 Å². The molecule has 0 aliphatic carbocycles. The summed E-state index contributed by atoms with van der Waals surface area (Å²) in [4.78, 5) is 0. The third-order valence-corrected chi connectivity index (χ3v) is 4.07. The molecular formula is C14H14N4OS. The van der Waals surface area contributed by atoms with E-state index in [1.165, 1.54) is 10.2 Å². The summed E-state index contributed by atoms with van der Waals surface area (Å²) in [5.74, 6) is 7.17. The molecule has 0 saturated heterocycles. The first kappa shape index (κ1) is 12.8. The molecule has 3 aromatic rings. The molecule has 2 N–H and O–H groups in total. The Morgan fingerprint density at radius 3 is 2.65 bits per heavy atom. The Bertz CT molecular complexity index is 679. The molecule has 0 saturated carbocycles. The highest BCUT2D eigenvalue weighted by Gasteiger charge is 2.17. The number of nitrogens with two attached hydrogens (primary N) is 1. The van der Waals surface area contributed by atoms with Gasteiger partial charge in [-0.3, -0.25) is 0 Å². The highest BCUT2D eigenvalue weighted by Crippen LogP contribution is 2.34. The number of rotatable bonds is 4. The van der Waals surface area contributed by atoms with Gasteiger partial charge >= 0.3 is 0 Å². The van der Waals surface area contributed by atoms with Crippen molar-refractivity contribution < 1.29 is 4.42 Å². The van der Waals surface area contributed by atoms with Crippen molar-refractivity contribution >= 4 is 11.8 Å². The maximum absolute atomic E-state index is 6.03. The van der Waals surface area contributed by atoms with Crippen LogP contribution in [0.3, 0.4) is 0 Å². The maximum Gasteiger partial charge on any atom is 0.218 e. The largest absolute Gasteiger partial charge is 0.461 e. The summed E-state index contributed by atoms with van der Waals surface area (Å²) in [5, 5.41) is 9.11. The predicted molar refractivity (Wildman–Crippen MR) is 78.6 cm³/mol. The minimum atomic E-state index is 0.243. The maximum atomic E-state index is 6.03. The molecule has 0 radical (unpaired) electrons. The van der Waals surface area contributed by atoms with Crippen LogP contribution in [0.5, 0.6) is 0 Å². The number of furan rings is 1. The van der Waals surface area contributed by atoms with Crippen LogP contribution in [0.2, 0.25) is 0 Å². The second-order valence-electron chi connectivity index (χ2n) is 4.32. The Morgan fingerprint density at radius 2 is 1.95 bits per heavy atom. The van der Waals surface area contributed by atoms with E-state index < -0.39 is 0 Å². The molecule has 0 bridgehead atoms. The van der Waals surface area contributed by atoms with Crippen molar-refractivity contribution in [1.29, 1.82) is 0 Å². The quantitative estimate of drug-likeness (QED) is 0.589. The zero-order valence-corrected chi connectivity index (χ0v) is 11.7. The Balaban J connectivity index is 1.82. The second-order valence-corrected chi connectivity index (χ2v) is 5.63. The Kier molecular flexibility index (Phi) is 3.47. The van der Waals surface area contributed by atoms with E-state index in [1.807, 2.05) is 24.3 Å². The van der Waals surface area contributed by atoms with Gasteiger partial charge in [0.2, 0.25) is 11.0 Å². The van der Waals surface area contributed by atoms with Crippen LogP contribution in [-0.2, 0) is 0 Å². The van der Waals surface area contributed by atoms with Crippen molar-refractivity contribution in [2.24, 2.45) is 0 Å². The molecule has 6 heteroatoms. The Hall–Kier alpha value is -2.21. The third-order valence-electron chi connectivity index (χ3n) is 2.96. The lowest BCUT2D eigenvalue weighted by Crippen LogP contribution is -2.11. The summed E-state index contributed by atoms with van der Waals surface area (Å²) in [6.45, 7) is 2.11. The monoisotopic (exact) mass is 286 g/mol. The average Bonchev–Trinajstić information content (AvgIpc) is 3.11. The molecule has 0 amide bonds. The van der Waals surface area contributed by atoms with Crippen LogP contribution in [-0.4, -0.2) is 14.9 Å². The molecule has 0 spiro atoms. The van der Waals surface area contributed by atoms with Gasteiger partial charge in [-0.2, -0.15) is 0 Å². The van der Waals surface area contributed by atoms with Crippen molar-refractivity contribution in [3.05, 3.63) is 54.3 Å². The minimum Gasteiger partial charge on any atom is -0.461 e. The standard InChI is InChI=1S/C14H14N4OS/c1-10(11-6-3-2-4-7-11)20-14-17-16-13(18(14)15)12-8-5-9-19-12/h2-10H,15H2,1H3. The van der Waals surface area contributed by atoms with Crippen LogP contribution in [0, 0.1) is 0 Å². The van der Waals surface area contributed by atoms with Gasteiger partial charge in [0.15, 0.2) is 5.76 Å². The number of nitrogens with zero attached hydrogens (tertiary/aromatic N) is 3. The topological polar surface area (TPSA) is 69.9 Å². The van der Waals surface area contributed by atoms with E-state index in [9.17, 15) is 0 Å². The molecule has 3 rings (SSSR count). The van der Waals surface area contributed by atoms with Gasteiger partial charge in [-0.15, -0.1) is 10.2 Å². The fourth-order valence-electron chi connectivity index (χ4n) is 1.88. The molecule has 102 valence electrons. The number of hydrogen-bond acceptors (Lipinski definition) is 5. The van der Waals surface area contributed by atoms with E-state index in [-0.39, 0.29) is 5.25 Å². The molecule has 2 aromatic heterocycles. The Morgan fingerprint density at radius 1 is 1.15 bits per heavy atom. The fourth-order valence-corrected chi connectivity index (χ4v) is 2.78. The van der Waals surface area contributed by atoms with Crippen LogP contribution in [0.1, 0.15) is 17.7 Å². The van der Waals surface area contributed by atoms with Crippen LogP contribution in [0.4, 0.5) is 0 Å².